The van der Waals surface area contributed by atoms with Gasteiger partial charge in [0.05, 0.1) is 0 Å². The lowest BCUT2D eigenvalue weighted by Gasteiger charge is -2.23. The molecule has 18 aromatic carbocycles. The first-order valence-corrected chi connectivity index (χ1v) is 28.0. The van der Waals surface area contributed by atoms with E-state index in [9.17, 15) is 0 Å². The number of hydrogen-bond acceptors (Lipinski definition) is 0. The van der Waals surface area contributed by atoms with Gasteiger partial charge in [0.2, 0.25) is 0 Å². The fourth-order valence-corrected chi connectivity index (χ4v) is 15.0. The molecule has 1 aliphatic carbocycles. The molecule has 364 valence electrons. The van der Waals surface area contributed by atoms with E-state index in [-0.39, 0.29) is 0 Å². The SMILES string of the molecule is c1ccc2cc(-c3c4c(c(-c5ccc6ccccc6c5)c5cc6c(-c7cc8ccc9cccc%10ccc(c7)c8c9%10)ccc(-c7cc8ccc9cccc%10ccc(c7)c8c9%10)c6cc35)-c3cc5ccccc5c5cccc-4c35)ccc2c1. The second kappa shape index (κ2) is 15.6. The molecule has 0 radical (unpaired) electrons. The normalized spacial score (nSPS) is 12.5. The fraction of sp³-hybridized carbons (Fsp3) is 0. The maximum absolute atomic E-state index is 2.61. The van der Waals surface area contributed by atoms with Gasteiger partial charge in [0.1, 0.15) is 0 Å². The minimum absolute atomic E-state index is 1.22. The zero-order valence-electron chi connectivity index (χ0n) is 43.4. The van der Waals surface area contributed by atoms with Crippen LogP contribution in [0.4, 0.5) is 0 Å². The molecule has 0 aliphatic heterocycles. The van der Waals surface area contributed by atoms with Crippen molar-refractivity contribution in [3.8, 4) is 66.8 Å². The summed E-state index contributed by atoms with van der Waals surface area (Å²) >= 11 is 0. The molecule has 19 rings (SSSR count). The van der Waals surface area contributed by atoms with Crippen molar-refractivity contribution in [2.45, 2.75) is 0 Å². The minimum Gasteiger partial charge on any atom is -0.0616 e. The Bertz CT molecular complexity index is 5650. The molecule has 0 unspecified atom stereocenters. The summed E-state index contributed by atoms with van der Waals surface area (Å²) in [6.07, 6.45) is 0. The molecule has 80 heavy (non-hydrogen) atoms. The first-order chi connectivity index (χ1) is 39.6. The topological polar surface area (TPSA) is 0 Å². The summed E-state index contributed by atoms with van der Waals surface area (Å²) in [4.78, 5) is 0. The van der Waals surface area contributed by atoms with E-state index in [4.69, 9.17) is 0 Å². The summed E-state index contributed by atoms with van der Waals surface area (Å²) in [5.41, 5.74) is 15.1. The molecule has 0 saturated heterocycles. The van der Waals surface area contributed by atoms with Crippen LogP contribution in [-0.4, -0.2) is 0 Å². The molecule has 0 heterocycles. The van der Waals surface area contributed by atoms with Crippen molar-refractivity contribution in [1.29, 1.82) is 0 Å². The van der Waals surface area contributed by atoms with Crippen LogP contribution in [0.3, 0.4) is 0 Å². The van der Waals surface area contributed by atoms with Crippen LogP contribution in [0.1, 0.15) is 0 Å². The summed E-state index contributed by atoms with van der Waals surface area (Å²) in [5, 5.41) is 30.6. The van der Waals surface area contributed by atoms with Gasteiger partial charge in [0.25, 0.3) is 0 Å². The van der Waals surface area contributed by atoms with Gasteiger partial charge in [-0.2, -0.15) is 0 Å². The Hall–Kier alpha value is -10.4. The van der Waals surface area contributed by atoms with Gasteiger partial charge in [-0.3, -0.25) is 0 Å². The minimum atomic E-state index is 1.22. The Morgan fingerprint density at radius 3 is 1.00 bits per heavy atom. The highest BCUT2D eigenvalue weighted by molar-refractivity contribution is 6.33. The zero-order valence-corrected chi connectivity index (χ0v) is 43.4. The predicted octanol–water partition coefficient (Wildman–Crippen LogP) is 22.7. The molecule has 0 fully saturated rings. The van der Waals surface area contributed by atoms with Gasteiger partial charge < -0.3 is 0 Å². The van der Waals surface area contributed by atoms with Crippen LogP contribution in [0, 0.1) is 0 Å². The van der Waals surface area contributed by atoms with Crippen LogP contribution in [0.15, 0.2) is 267 Å². The highest BCUT2D eigenvalue weighted by Crippen LogP contribution is 2.60. The first kappa shape index (κ1) is 42.7. The third kappa shape index (κ3) is 5.79. The molecular weight excluding hydrogens is 961 g/mol. The highest BCUT2D eigenvalue weighted by Gasteiger charge is 2.32. The van der Waals surface area contributed by atoms with Crippen LogP contribution < -0.4 is 0 Å². The maximum Gasteiger partial charge on any atom is -0.000719 e. The van der Waals surface area contributed by atoms with Crippen molar-refractivity contribution >= 4 is 129 Å². The van der Waals surface area contributed by atoms with E-state index in [1.165, 1.54) is 196 Å². The summed E-state index contributed by atoms with van der Waals surface area (Å²) in [6.45, 7) is 0. The van der Waals surface area contributed by atoms with Crippen LogP contribution in [0.25, 0.3) is 196 Å². The summed E-state index contributed by atoms with van der Waals surface area (Å²) < 4.78 is 0. The van der Waals surface area contributed by atoms with Crippen LogP contribution in [0.5, 0.6) is 0 Å². The Morgan fingerprint density at radius 2 is 0.500 bits per heavy atom. The smallest absolute Gasteiger partial charge is 0.000719 e. The van der Waals surface area contributed by atoms with Crippen LogP contribution >= 0.6 is 0 Å². The van der Waals surface area contributed by atoms with Gasteiger partial charge in [-0.1, -0.05) is 212 Å². The van der Waals surface area contributed by atoms with E-state index in [1.807, 2.05) is 0 Å². The lowest BCUT2D eigenvalue weighted by molar-refractivity contribution is 1.65. The largest absolute Gasteiger partial charge is 0.0616 e. The number of hydrogen-bond donors (Lipinski definition) is 0. The third-order valence-corrected chi connectivity index (χ3v) is 18.5. The van der Waals surface area contributed by atoms with E-state index in [2.05, 4.69) is 267 Å². The maximum atomic E-state index is 2.61. The molecule has 0 N–H and O–H groups in total. The van der Waals surface area contributed by atoms with Gasteiger partial charge >= 0.3 is 0 Å². The molecule has 18 aromatic rings. The van der Waals surface area contributed by atoms with E-state index in [0.29, 0.717) is 0 Å². The van der Waals surface area contributed by atoms with E-state index < -0.39 is 0 Å². The third-order valence-electron chi connectivity index (χ3n) is 18.5. The average molecular weight is 1010 g/mol. The predicted molar refractivity (Wildman–Crippen MR) is 345 cm³/mol. The Kier molecular flexibility index (Phi) is 8.34. The highest BCUT2D eigenvalue weighted by atomic mass is 14.3. The molecule has 1 aliphatic rings. The van der Waals surface area contributed by atoms with Crippen molar-refractivity contribution in [2.24, 2.45) is 0 Å². The fourth-order valence-electron chi connectivity index (χ4n) is 15.0. The Morgan fingerprint density at radius 1 is 0.138 bits per heavy atom. The molecule has 0 spiro atoms. The van der Waals surface area contributed by atoms with Gasteiger partial charge in [-0.05, 0) is 251 Å². The van der Waals surface area contributed by atoms with Crippen molar-refractivity contribution in [3.63, 3.8) is 0 Å². The summed E-state index contributed by atoms with van der Waals surface area (Å²) in [6, 6.07) is 102. The monoisotopic (exact) mass is 1000 g/mol. The molecule has 0 atom stereocenters. The van der Waals surface area contributed by atoms with Crippen molar-refractivity contribution in [2.75, 3.05) is 0 Å². The van der Waals surface area contributed by atoms with E-state index in [1.54, 1.807) is 0 Å². The standard InChI is InChI=1S/C80H44/c1-3-12-51-36-58(28-22-45(51)10-1)76-69-43-67-63(60-38-54-30-24-47-15-7-16-48-25-31-55(39-60)74(54)72(47)48)34-35-64(61-40-56-32-26-49-17-8-18-50-27-33-57(41-61)75(56)73(49)50)68(67)44-70(69)77(59-29-23-46-11-2-4-13-52(46)37-59)80-71-42-53-14-5-6-19-62(53)65-20-9-21-66(78(65)71)79(76)80/h1-44H. The molecule has 0 bridgehead atoms. The van der Waals surface area contributed by atoms with Gasteiger partial charge in [0.15, 0.2) is 0 Å². The van der Waals surface area contributed by atoms with Gasteiger partial charge in [0, 0.05) is 0 Å². The number of fused-ring (bicyclic) bond motifs is 9. The van der Waals surface area contributed by atoms with Crippen molar-refractivity contribution < 1.29 is 0 Å². The lowest BCUT2D eigenvalue weighted by atomic mass is 9.79. The van der Waals surface area contributed by atoms with Crippen molar-refractivity contribution in [3.05, 3.63) is 267 Å². The number of benzene rings is 18. The molecule has 0 aromatic heterocycles. The second-order valence-electron chi connectivity index (χ2n) is 22.6. The molecular formula is C80H44. The lowest BCUT2D eigenvalue weighted by Crippen LogP contribution is -1.96. The van der Waals surface area contributed by atoms with E-state index >= 15 is 0 Å². The summed E-state index contributed by atoms with van der Waals surface area (Å²) in [5.74, 6) is 0. The quantitative estimate of drug-likeness (QED) is 0.122. The molecule has 0 heteroatoms. The van der Waals surface area contributed by atoms with E-state index in [0.717, 1.165) is 0 Å². The number of rotatable bonds is 4. The van der Waals surface area contributed by atoms with Crippen LogP contribution in [-0.2, 0) is 0 Å². The molecule has 0 saturated carbocycles. The zero-order chi connectivity index (χ0) is 51.9. The van der Waals surface area contributed by atoms with Gasteiger partial charge in [-0.25, -0.2) is 0 Å². The Balaban J connectivity index is 1.01. The van der Waals surface area contributed by atoms with Crippen molar-refractivity contribution in [1.82, 2.24) is 0 Å². The molecule has 0 nitrogen and oxygen atoms in total. The summed E-state index contributed by atoms with van der Waals surface area (Å²) in [7, 11) is 0. The second-order valence-corrected chi connectivity index (χ2v) is 22.6. The Labute approximate surface area is 460 Å². The average Bonchev–Trinajstić information content (AvgIpc) is 3.80. The van der Waals surface area contributed by atoms with Gasteiger partial charge in [-0.15, -0.1) is 0 Å². The molecule has 0 amide bonds. The van der Waals surface area contributed by atoms with Crippen LogP contribution in [0.2, 0.25) is 0 Å². The first-order valence-electron chi connectivity index (χ1n) is 28.0.